The van der Waals surface area contributed by atoms with Crippen LogP contribution >= 0.6 is 11.6 Å². The topological polar surface area (TPSA) is 61.3 Å². The average Bonchev–Trinajstić information content (AvgIpc) is 2.73. The molecule has 2 aromatic heterocycles. The summed E-state index contributed by atoms with van der Waals surface area (Å²) in [6, 6.07) is 9.91. The zero-order valence-electron chi connectivity index (χ0n) is 15.5. The average molecular weight is 433 g/mol. The molecule has 3 aromatic rings. The van der Waals surface area contributed by atoms with Gasteiger partial charge in [0.1, 0.15) is 0 Å². The van der Waals surface area contributed by atoms with Crippen LogP contribution in [0.1, 0.15) is 11.3 Å². The smallest absolute Gasteiger partial charge is 0.390 e. The largest absolute Gasteiger partial charge is 0.416 e. The van der Waals surface area contributed by atoms with Gasteiger partial charge in [-0.1, -0.05) is 17.7 Å². The van der Waals surface area contributed by atoms with Crippen LogP contribution in [0.4, 0.5) is 30.4 Å². The number of fused-ring (bicyclic) bond motifs is 1. The van der Waals surface area contributed by atoms with E-state index in [1.807, 2.05) is 11.0 Å². The first-order valence-electron chi connectivity index (χ1n) is 8.99. The minimum atomic E-state index is -4.39. The Morgan fingerprint density at radius 3 is 2.60 bits per heavy atom. The number of nitrogens with zero attached hydrogens (tertiary/aromatic N) is 3. The van der Waals surface area contributed by atoms with Gasteiger partial charge in [-0.25, -0.2) is 9.97 Å². The molecule has 0 spiro atoms. The van der Waals surface area contributed by atoms with E-state index in [9.17, 15) is 18.3 Å². The SMILES string of the molecule is OCc1cc(Nc2ccc(C(F)(F)F)cc2)c2c(n1)=CN(c1ncccc1Cl)CC=2. The van der Waals surface area contributed by atoms with Crippen LogP contribution in [0, 0.1) is 0 Å². The number of aliphatic hydroxyl groups is 1. The molecule has 0 fully saturated rings. The molecule has 4 rings (SSSR count). The Balaban J connectivity index is 1.72. The van der Waals surface area contributed by atoms with Gasteiger partial charge in [-0.3, -0.25) is 0 Å². The lowest BCUT2D eigenvalue weighted by Crippen LogP contribution is -2.40. The molecule has 9 heteroatoms. The summed E-state index contributed by atoms with van der Waals surface area (Å²) in [4.78, 5) is 10.6. The van der Waals surface area contributed by atoms with Gasteiger partial charge in [-0.15, -0.1) is 0 Å². The van der Waals surface area contributed by atoms with E-state index < -0.39 is 11.7 Å². The molecular weight excluding hydrogens is 417 g/mol. The molecule has 0 bridgehead atoms. The second kappa shape index (κ2) is 7.97. The van der Waals surface area contributed by atoms with Gasteiger partial charge in [0.05, 0.1) is 28.2 Å². The highest BCUT2D eigenvalue weighted by Crippen LogP contribution is 2.30. The van der Waals surface area contributed by atoms with E-state index in [4.69, 9.17) is 11.6 Å². The number of pyridine rings is 2. The number of aromatic nitrogens is 2. The van der Waals surface area contributed by atoms with E-state index in [1.54, 1.807) is 30.6 Å². The predicted octanol–water partition coefficient (Wildman–Crippen LogP) is 3.42. The minimum Gasteiger partial charge on any atom is -0.390 e. The van der Waals surface area contributed by atoms with Crippen LogP contribution in [0.3, 0.4) is 0 Å². The second-order valence-corrected chi connectivity index (χ2v) is 7.02. The monoisotopic (exact) mass is 432 g/mol. The fourth-order valence-electron chi connectivity index (χ4n) is 3.15. The molecule has 3 heterocycles. The third-order valence-electron chi connectivity index (χ3n) is 4.58. The van der Waals surface area contributed by atoms with E-state index >= 15 is 0 Å². The Hall–Kier alpha value is -3.10. The lowest BCUT2D eigenvalue weighted by molar-refractivity contribution is -0.137. The summed E-state index contributed by atoms with van der Waals surface area (Å²) in [6.45, 7) is 0.193. The van der Waals surface area contributed by atoms with Gasteiger partial charge in [-0.05, 0) is 42.5 Å². The molecule has 0 aliphatic carbocycles. The quantitative estimate of drug-likeness (QED) is 0.661. The third kappa shape index (κ3) is 4.10. The predicted molar refractivity (Wildman–Crippen MR) is 110 cm³/mol. The number of nitrogens with one attached hydrogen (secondary N) is 1. The van der Waals surface area contributed by atoms with Crippen LogP contribution in [0.2, 0.25) is 5.02 Å². The molecule has 0 atom stereocenters. The highest BCUT2D eigenvalue weighted by molar-refractivity contribution is 6.33. The fourth-order valence-corrected chi connectivity index (χ4v) is 3.38. The van der Waals surface area contributed by atoms with Crippen molar-refractivity contribution in [3.05, 3.63) is 75.5 Å². The van der Waals surface area contributed by atoms with Crippen LogP contribution in [0.25, 0.3) is 12.3 Å². The Bertz CT molecular complexity index is 1200. The minimum absolute atomic E-state index is 0.285. The molecule has 0 amide bonds. The summed E-state index contributed by atoms with van der Waals surface area (Å²) in [7, 11) is 0. The molecule has 154 valence electrons. The van der Waals surface area contributed by atoms with Gasteiger partial charge in [0.25, 0.3) is 0 Å². The van der Waals surface area contributed by atoms with Crippen molar-refractivity contribution in [2.75, 3.05) is 16.8 Å². The van der Waals surface area contributed by atoms with E-state index in [-0.39, 0.29) is 6.61 Å². The summed E-state index contributed by atoms with van der Waals surface area (Å²) in [5.74, 6) is 0.578. The molecule has 0 radical (unpaired) electrons. The molecule has 5 nitrogen and oxygen atoms in total. The summed E-state index contributed by atoms with van der Waals surface area (Å²) in [6.07, 6.45) is 0.943. The van der Waals surface area contributed by atoms with Gasteiger partial charge in [-0.2, -0.15) is 13.2 Å². The van der Waals surface area contributed by atoms with Crippen molar-refractivity contribution < 1.29 is 18.3 Å². The molecule has 1 aliphatic rings. The summed E-state index contributed by atoms with van der Waals surface area (Å²) >= 11 is 6.24. The molecule has 0 saturated carbocycles. The second-order valence-electron chi connectivity index (χ2n) is 6.61. The maximum absolute atomic E-state index is 12.8. The summed E-state index contributed by atoms with van der Waals surface area (Å²) in [5.41, 5.74) is 0.820. The first-order valence-corrected chi connectivity index (χ1v) is 9.37. The number of anilines is 3. The zero-order valence-corrected chi connectivity index (χ0v) is 16.2. The number of halogens is 4. The number of rotatable bonds is 4. The number of hydrogen-bond acceptors (Lipinski definition) is 5. The van der Waals surface area contributed by atoms with Gasteiger partial charge >= 0.3 is 6.18 Å². The Kier molecular flexibility index (Phi) is 5.36. The van der Waals surface area contributed by atoms with Gasteiger partial charge in [0.15, 0.2) is 5.82 Å². The third-order valence-corrected chi connectivity index (χ3v) is 4.87. The standard InChI is InChI=1S/C21H16ClF3N4O/c22-17-2-1-8-26-20(17)29-9-7-16-18(10-15(12-30)28-19(16)11-29)27-14-5-3-13(4-6-14)21(23,24)25/h1-8,10-11,27,30H,9,12H2. The first-order chi connectivity index (χ1) is 14.3. The van der Waals surface area contributed by atoms with Gasteiger partial charge in [0.2, 0.25) is 0 Å². The van der Waals surface area contributed by atoms with Crippen molar-refractivity contribution in [2.45, 2.75) is 12.8 Å². The van der Waals surface area contributed by atoms with E-state index in [0.717, 1.165) is 17.4 Å². The van der Waals surface area contributed by atoms with Crippen molar-refractivity contribution in [3.63, 3.8) is 0 Å². The Morgan fingerprint density at radius 2 is 1.93 bits per heavy atom. The van der Waals surface area contributed by atoms with E-state index in [0.29, 0.717) is 39.8 Å². The number of aliphatic hydroxyl groups excluding tert-OH is 1. The maximum atomic E-state index is 12.8. The maximum Gasteiger partial charge on any atom is 0.416 e. The normalized spacial score (nSPS) is 13.3. The highest BCUT2D eigenvalue weighted by atomic mass is 35.5. The molecule has 0 saturated heterocycles. The molecule has 1 aromatic carbocycles. The van der Waals surface area contributed by atoms with Crippen molar-refractivity contribution in [1.82, 2.24) is 9.97 Å². The van der Waals surface area contributed by atoms with Crippen molar-refractivity contribution >= 4 is 41.1 Å². The van der Waals surface area contributed by atoms with Gasteiger partial charge < -0.3 is 15.3 Å². The van der Waals surface area contributed by atoms with Crippen LogP contribution < -0.4 is 20.8 Å². The van der Waals surface area contributed by atoms with Crippen LogP contribution in [-0.2, 0) is 12.8 Å². The summed E-state index contributed by atoms with van der Waals surface area (Å²) < 4.78 is 38.4. The van der Waals surface area contributed by atoms with Crippen LogP contribution in [-0.4, -0.2) is 21.6 Å². The molecule has 1 aliphatic heterocycles. The number of alkyl halides is 3. The Labute approximate surface area is 174 Å². The molecule has 0 unspecified atom stereocenters. The van der Waals surface area contributed by atoms with Crippen molar-refractivity contribution in [3.8, 4) is 0 Å². The van der Waals surface area contributed by atoms with Gasteiger partial charge in [0, 0.05) is 35.5 Å². The number of benzene rings is 1. The van der Waals surface area contributed by atoms with E-state index in [1.165, 1.54) is 12.1 Å². The first kappa shape index (κ1) is 20.2. The van der Waals surface area contributed by atoms with Crippen LogP contribution in [0.15, 0.2) is 48.7 Å². The van der Waals surface area contributed by atoms with Crippen LogP contribution in [0.5, 0.6) is 0 Å². The Morgan fingerprint density at radius 1 is 1.17 bits per heavy atom. The molecular formula is C21H16ClF3N4O. The number of hydrogen-bond donors (Lipinski definition) is 2. The summed E-state index contributed by atoms with van der Waals surface area (Å²) in [5, 5.41) is 14.6. The highest BCUT2D eigenvalue weighted by Gasteiger charge is 2.29. The lowest BCUT2D eigenvalue weighted by atomic mass is 10.1. The van der Waals surface area contributed by atoms with E-state index in [2.05, 4.69) is 15.3 Å². The van der Waals surface area contributed by atoms with Crippen molar-refractivity contribution in [2.24, 2.45) is 0 Å². The lowest BCUT2D eigenvalue weighted by Gasteiger charge is -2.22. The molecule has 30 heavy (non-hydrogen) atoms. The zero-order chi connectivity index (χ0) is 21.3. The molecule has 2 N–H and O–H groups in total. The van der Waals surface area contributed by atoms with Crippen molar-refractivity contribution in [1.29, 1.82) is 0 Å². The fraction of sp³-hybridized carbons (Fsp3) is 0.143.